The monoisotopic (exact) mass is 414 g/mol. The molecular weight excluding hydrogens is 388 g/mol. The normalized spacial score (nSPS) is 11.1. The lowest BCUT2D eigenvalue weighted by Gasteiger charge is -2.29. The van der Waals surface area contributed by atoms with Crippen LogP contribution >= 0.6 is 0 Å². The van der Waals surface area contributed by atoms with Gasteiger partial charge in [0, 0.05) is 30.9 Å². The number of aromatic nitrogens is 2. The van der Waals surface area contributed by atoms with Gasteiger partial charge in [0.15, 0.2) is 11.6 Å². The fourth-order valence-corrected chi connectivity index (χ4v) is 3.51. The van der Waals surface area contributed by atoms with Gasteiger partial charge in [-0.05, 0) is 43.7 Å². The number of amides is 1. The fourth-order valence-electron chi connectivity index (χ4n) is 3.51. The highest BCUT2D eigenvalue weighted by Crippen LogP contribution is 2.29. The van der Waals surface area contributed by atoms with Crippen LogP contribution in [0.1, 0.15) is 25.8 Å². The average molecular weight is 415 g/mol. The number of carbonyl (C=O) groups excluding carboxylic acids is 1. The van der Waals surface area contributed by atoms with Gasteiger partial charge < -0.3 is 14.6 Å². The molecule has 0 aliphatic carbocycles. The van der Waals surface area contributed by atoms with E-state index in [-0.39, 0.29) is 11.9 Å². The molecule has 0 fully saturated rings. The second-order valence-corrected chi connectivity index (χ2v) is 7.66. The first-order valence-electron chi connectivity index (χ1n) is 10.5. The number of para-hydroxylation sites is 1. The summed E-state index contributed by atoms with van der Waals surface area (Å²) in [6, 6.07) is 21.7. The first kappa shape index (κ1) is 20.6. The number of hydrogen-bond acceptors (Lipinski definition) is 5. The van der Waals surface area contributed by atoms with Crippen molar-refractivity contribution in [2.24, 2.45) is 0 Å². The van der Waals surface area contributed by atoms with Gasteiger partial charge in [0.25, 0.3) is 0 Å². The van der Waals surface area contributed by atoms with Gasteiger partial charge in [-0.1, -0.05) is 42.5 Å². The molecule has 0 saturated carbocycles. The number of carbonyl (C=O) groups is 1. The summed E-state index contributed by atoms with van der Waals surface area (Å²) in [5.41, 5.74) is 1.93. The molecule has 0 bridgehead atoms. The molecule has 2 aromatic heterocycles. The third kappa shape index (κ3) is 4.91. The van der Waals surface area contributed by atoms with Gasteiger partial charge in [-0.3, -0.25) is 4.79 Å². The molecule has 2 aromatic carbocycles. The van der Waals surface area contributed by atoms with Crippen LogP contribution < -0.4 is 10.2 Å². The molecule has 1 N–H and O–H groups in total. The number of hydrogen-bond donors (Lipinski definition) is 1. The van der Waals surface area contributed by atoms with E-state index in [9.17, 15) is 4.79 Å². The van der Waals surface area contributed by atoms with Crippen molar-refractivity contribution in [3.05, 3.63) is 78.6 Å². The van der Waals surface area contributed by atoms with Crippen LogP contribution in [0, 0.1) is 0 Å². The Morgan fingerprint density at radius 1 is 1.00 bits per heavy atom. The third-order valence-corrected chi connectivity index (χ3v) is 5.13. The molecule has 6 heteroatoms. The smallest absolute Gasteiger partial charge is 0.222 e. The lowest BCUT2D eigenvalue weighted by molar-refractivity contribution is -0.121. The van der Waals surface area contributed by atoms with Crippen LogP contribution in [0.2, 0.25) is 0 Å². The second-order valence-electron chi connectivity index (χ2n) is 7.66. The summed E-state index contributed by atoms with van der Waals surface area (Å²) in [4.78, 5) is 24.2. The summed E-state index contributed by atoms with van der Waals surface area (Å²) < 4.78 is 5.53. The summed E-state index contributed by atoms with van der Waals surface area (Å²) in [7, 11) is 0. The Morgan fingerprint density at radius 3 is 2.52 bits per heavy atom. The van der Waals surface area contributed by atoms with Crippen LogP contribution in [0.5, 0.6) is 0 Å². The molecule has 2 heterocycles. The van der Waals surface area contributed by atoms with E-state index in [2.05, 4.69) is 29.0 Å². The summed E-state index contributed by atoms with van der Waals surface area (Å²) in [5.74, 6) is 1.98. The average Bonchev–Trinajstić information content (AvgIpc) is 3.33. The Hall–Kier alpha value is -3.67. The van der Waals surface area contributed by atoms with Crippen LogP contribution in [-0.2, 0) is 11.3 Å². The molecule has 0 radical (unpaired) electrons. The largest absolute Gasteiger partial charge is 0.461 e. The highest BCUT2D eigenvalue weighted by Gasteiger charge is 2.19. The number of rotatable bonds is 8. The topological polar surface area (TPSA) is 71.3 Å². The first-order chi connectivity index (χ1) is 15.1. The molecule has 0 aliphatic rings. The Bertz CT molecular complexity index is 1140. The number of benzene rings is 2. The minimum atomic E-state index is 0.0131. The zero-order chi connectivity index (χ0) is 21.6. The molecular formula is C25H26N4O2. The Morgan fingerprint density at radius 2 is 1.77 bits per heavy atom. The highest BCUT2D eigenvalue weighted by molar-refractivity contribution is 5.91. The molecule has 6 nitrogen and oxygen atoms in total. The van der Waals surface area contributed by atoms with Crippen molar-refractivity contribution in [2.75, 3.05) is 11.4 Å². The molecule has 4 aromatic rings. The van der Waals surface area contributed by atoms with E-state index in [1.165, 1.54) is 0 Å². The maximum atomic E-state index is 12.5. The van der Waals surface area contributed by atoms with E-state index in [0.29, 0.717) is 31.1 Å². The maximum absolute atomic E-state index is 12.5. The fraction of sp³-hybridized carbons (Fsp3) is 0.240. The molecule has 0 aliphatic heterocycles. The van der Waals surface area contributed by atoms with Gasteiger partial charge >= 0.3 is 0 Å². The van der Waals surface area contributed by atoms with Crippen molar-refractivity contribution in [3.63, 3.8) is 0 Å². The maximum Gasteiger partial charge on any atom is 0.222 e. The number of nitrogens with one attached hydrogen (secondary N) is 1. The van der Waals surface area contributed by atoms with Gasteiger partial charge in [0.05, 0.1) is 11.8 Å². The zero-order valence-corrected chi connectivity index (χ0v) is 17.8. The van der Waals surface area contributed by atoms with Crippen LogP contribution in [0.3, 0.4) is 0 Å². The molecule has 0 unspecified atom stereocenters. The van der Waals surface area contributed by atoms with Crippen LogP contribution in [0.25, 0.3) is 22.5 Å². The Balaban J connectivity index is 1.55. The third-order valence-electron chi connectivity index (χ3n) is 5.13. The lowest BCUT2D eigenvalue weighted by atomic mass is 10.2. The lowest BCUT2D eigenvalue weighted by Crippen LogP contribution is -2.36. The summed E-state index contributed by atoms with van der Waals surface area (Å²) in [6.07, 6.45) is 1.99. The van der Waals surface area contributed by atoms with E-state index >= 15 is 0 Å². The van der Waals surface area contributed by atoms with Crippen molar-refractivity contribution in [2.45, 2.75) is 32.9 Å². The van der Waals surface area contributed by atoms with Gasteiger partial charge in [0.1, 0.15) is 5.82 Å². The Kier molecular flexibility index (Phi) is 6.26. The predicted molar refractivity (Wildman–Crippen MR) is 123 cm³/mol. The highest BCUT2D eigenvalue weighted by atomic mass is 16.3. The van der Waals surface area contributed by atoms with E-state index in [0.717, 1.165) is 22.3 Å². The summed E-state index contributed by atoms with van der Waals surface area (Å²) in [5, 5.41) is 3.96. The minimum absolute atomic E-state index is 0.0131. The van der Waals surface area contributed by atoms with E-state index < -0.39 is 0 Å². The Labute approximate surface area is 181 Å². The van der Waals surface area contributed by atoms with Crippen molar-refractivity contribution >= 4 is 22.6 Å². The molecule has 31 heavy (non-hydrogen) atoms. The molecule has 158 valence electrons. The zero-order valence-electron chi connectivity index (χ0n) is 17.8. The number of fused-ring (bicyclic) bond motifs is 1. The van der Waals surface area contributed by atoms with E-state index in [1.54, 1.807) is 6.26 Å². The molecule has 4 rings (SSSR count). The van der Waals surface area contributed by atoms with Gasteiger partial charge in [-0.15, -0.1) is 0 Å². The van der Waals surface area contributed by atoms with Crippen molar-refractivity contribution < 1.29 is 9.21 Å². The van der Waals surface area contributed by atoms with Crippen LogP contribution in [-0.4, -0.2) is 28.5 Å². The molecule has 1 amide bonds. The number of anilines is 1. The van der Waals surface area contributed by atoms with E-state index in [1.807, 2.05) is 66.7 Å². The minimum Gasteiger partial charge on any atom is -0.461 e. The number of furan rings is 1. The molecule has 0 atom stereocenters. The predicted octanol–water partition coefficient (Wildman–Crippen LogP) is 4.81. The molecule has 0 saturated heterocycles. The van der Waals surface area contributed by atoms with Crippen molar-refractivity contribution in [1.82, 2.24) is 15.3 Å². The molecule has 0 spiro atoms. The van der Waals surface area contributed by atoms with Crippen LogP contribution in [0.15, 0.2) is 77.4 Å². The SMILES string of the molecule is CC(C)N(CCC(=O)NCc1ccccc1)c1nc(-c2ccco2)nc2ccccc12. The van der Waals surface area contributed by atoms with E-state index in [4.69, 9.17) is 9.40 Å². The van der Waals surface area contributed by atoms with Gasteiger partial charge in [0.2, 0.25) is 5.91 Å². The first-order valence-corrected chi connectivity index (χ1v) is 10.5. The van der Waals surface area contributed by atoms with Crippen molar-refractivity contribution in [1.29, 1.82) is 0 Å². The van der Waals surface area contributed by atoms with Crippen molar-refractivity contribution in [3.8, 4) is 11.6 Å². The number of nitrogens with zero attached hydrogens (tertiary/aromatic N) is 3. The van der Waals surface area contributed by atoms with Gasteiger partial charge in [-0.2, -0.15) is 0 Å². The quantitative estimate of drug-likeness (QED) is 0.448. The van der Waals surface area contributed by atoms with Gasteiger partial charge in [-0.25, -0.2) is 9.97 Å². The second kappa shape index (κ2) is 9.43. The summed E-state index contributed by atoms with van der Waals surface area (Å²) >= 11 is 0. The summed E-state index contributed by atoms with van der Waals surface area (Å²) in [6.45, 7) is 5.29. The standard InChI is InChI=1S/C25H26N4O2/c1-18(2)29(15-14-23(30)26-17-19-9-4-3-5-10-19)25-20-11-6-7-12-21(20)27-24(28-25)22-13-8-16-31-22/h3-13,16,18H,14-15,17H2,1-2H3,(H,26,30). The van der Waals surface area contributed by atoms with Crippen LogP contribution in [0.4, 0.5) is 5.82 Å².